The lowest BCUT2D eigenvalue weighted by Crippen LogP contribution is -2.16. The Morgan fingerprint density at radius 2 is 2.10 bits per heavy atom. The molecule has 0 aliphatic heterocycles. The molecule has 0 unspecified atom stereocenters. The van der Waals surface area contributed by atoms with Gasteiger partial charge in [-0.2, -0.15) is 0 Å². The highest BCUT2D eigenvalue weighted by Crippen LogP contribution is 1.95. The van der Waals surface area contributed by atoms with Crippen LogP contribution in [0.5, 0.6) is 0 Å². The van der Waals surface area contributed by atoms with Crippen molar-refractivity contribution in [2.75, 3.05) is 6.54 Å². The number of rotatable bonds is 1. The molecular formula is C6H11N3Si. The molecule has 0 heterocycles. The highest BCUT2D eigenvalue weighted by Gasteiger charge is 2.06. The van der Waals surface area contributed by atoms with Crippen molar-refractivity contribution in [3.05, 3.63) is 10.4 Å². The summed E-state index contributed by atoms with van der Waals surface area (Å²) in [6.45, 7) is 6.75. The van der Waals surface area contributed by atoms with Crippen LogP contribution in [0, 0.1) is 11.5 Å². The molecule has 4 heteroatoms. The van der Waals surface area contributed by atoms with Crippen molar-refractivity contribution in [2.24, 2.45) is 5.11 Å². The monoisotopic (exact) mass is 153 g/mol. The minimum Gasteiger partial charge on any atom is -0.132 e. The van der Waals surface area contributed by atoms with Crippen molar-refractivity contribution in [3.8, 4) is 11.5 Å². The van der Waals surface area contributed by atoms with Crippen LogP contribution in [0.4, 0.5) is 0 Å². The van der Waals surface area contributed by atoms with Gasteiger partial charge in [-0.15, -0.1) is 11.5 Å². The van der Waals surface area contributed by atoms with E-state index in [0.717, 1.165) is 0 Å². The molecular weight excluding hydrogens is 142 g/mol. The first kappa shape index (κ1) is 9.09. The molecule has 0 aromatic heterocycles. The van der Waals surface area contributed by atoms with E-state index in [1.54, 1.807) is 0 Å². The number of nitrogens with zero attached hydrogens (tertiary/aromatic N) is 3. The molecule has 0 aliphatic carbocycles. The van der Waals surface area contributed by atoms with E-state index < -0.39 is 8.07 Å². The van der Waals surface area contributed by atoms with Crippen molar-refractivity contribution in [1.82, 2.24) is 0 Å². The second-order valence-electron chi connectivity index (χ2n) is 2.94. The Morgan fingerprint density at radius 3 is 2.50 bits per heavy atom. The van der Waals surface area contributed by atoms with Gasteiger partial charge in [0.25, 0.3) is 0 Å². The summed E-state index contributed by atoms with van der Waals surface area (Å²) in [4.78, 5) is 2.59. The summed E-state index contributed by atoms with van der Waals surface area (Å²) in [6, 6.07) is 0. The van der Waals surface area contributed by atoms with E-state index in [-0.39, 0.29) is 0 Å². The Kier molecular flexibility index (Phi) is 3.63. The fraction of sp³-hybridized carbons (Fsp3) is 0.667. The smallest absolute Gasteiger partial charge is 0.129 e. The second kappa shape index (κ2) is 3.99. The molecule has 0 N–H and O–H groups in total. The number of hydrogen-bond donors (Lipinski definition) is 0. The lowest BCUT2D eigenvalue weighted by atomic mass is 10.7. The molecule has 0 aromatic carbocycles. The molecule has 0 bridgehead atoms. The third-order valence-corrected chi connectivity index (χ3v) is 1.60. The van der Waals surface area contributed by atoms with Gasteiger partial charge in [0.2, 0.25) is 0 Å². The van der Waals surface area contributed by atoms with E-state index in [4.69, 9.17) is 5.53 Å². The molecule has 0 saturated heterocycles. The molecule has 0 aromatic rings. The van der Waals surface area contributed by atoms with Gasteiger partial charge >= 0.3 is 0 Å². The van der Waals surface area contributed by atoms with E-state index in [1.807, 2.05) is 0 Å². The zero-order chi connectivity index (χ0) is 8.04. The molecule has 54 valence electrons. The topological polar surface area (TPSA) is 48.8 Å². The third-order valence-electron chi connectivity index (χ3n) is 0.676. The van der Waals surface area contributed by atoms with E-state index in [2.05, 4.69) is 41.1 Å². The summed E-state index contributed by atoms with van der Waals surface area (Å²) in [5, 5.41) is 3.30. The van der Waals surface area contributed by atoms with Gasteiger partial charge in [0.05, 0.1) is 6.54 Å². The largest absolute Gasteiger partial charge is 0.132 e. The predicted octanol–water partition coefficient (Wildman–Crippen LogP) is 2.18. The fourth-order valence-electron chi connectivity index (χ4n) is 0.372. The Morgan fingerprint density at radius 1 is 1.50 bits per heavy atom. The lowest BCUT2D eigenvalue weighted by molar-refractivity contribution is 1.25. The average molecular weight is 153 g/mol. The van der Waals surface area contributed by atoms with Crippen LogP contribution in [0.2, 0.25) is 19.6 Å². The first-order valence-corrected chi connectivity index (χ1v) is 6.57. The molecule has 0 aliphatic rings. The summed E-state index contributed by atoms with van der Waals surface area (Å²) < 4.78 is 0. The summed E-state index contributed by atoms with van der Waals surface area (Å²) >= 11 is 0. The quantitative estimate of drug-likeness (QED) is 0.182. The fourth-order valence-corrected chi connectivity index (χ4v) is 0.981. The lowest BCUT2D eigenvalue weighted by Gasteiger charge is -2.02. The predicted molar refractivity (Wildman–Crippen MR) is 45.1 cm³/mol. The van der Waals surface area contributed by atoms with E-state index in [9.17, 15) is 0 Å². The highest BCUT2D eigenvalue weighted by atomic mass is 28.3. The SMILES string of the molecule is C[Si](C)(C)C#CCN=[N+]=[N-]. The standard InChI is InChI=1S/C6H11N3Si/c1-10(2,3)6-4-5-8-9-7/h5H2,1-3H3. The van der Waals surface area contributed by atoms with Crippen LogP contribution in [-0.4, -0.2) is 14.6 Å². The maximum absolute atomic E-state index is 7.90. The molecule has 0 rings (SSSR count). The van der Waals surface area contributed by atoms with Crippen molar-refractivity contribution in [2.45, 2.75) is 19.6 Å². The Labute approximate surface area is 62.1 Å². The molecule has 0 atom stereocenters. The molecule has 0 fully saturated rings. The van der Waals surface area contributed by atoms with E-state index >= 15 is 0 Å². The van der Waals surface area contributed by atoms with Gasteiger partial charge in [0.15, 0.2) is 0 Å². The maximum Gasteiger partial charge on any atom is 0.129 e. The molecule has 0 saturated carbocycles. The molecule has 0 spiro atoms. The molecule has 0 radical (unpaired) electrons. The van der Waals surface area contributed by atoms with Crippen LogP contribution in [0.15, 0.2) is 5.11 Å². The van der Waals surface area contributed by atoms with Crippen molar-refractivity contribution in [1.29, 1.82) is 0 Å². The maximum atomic E-state index is 7.90. The van der Waals surface area contributed by atoms with Gasteiger partial charge in [0.1, 0.15) is 8.07 Å². The van der Waals surface area contributed by atoms with Gasteiger partial charge in [-0.1, -0.05) is 24.8 Å². The van der Waals surface area contributed by atoms with Gasteiger partial charge < -0.3 is 0 Å². The van der Waals surface area contributed by atoms with Gasteiger partial charge in [0, 0.05) is 4.91 Å². The average Bonchev–Trinajstić information content (AvgIpc) is 1.78. The number of hydrogen-bond acceptors (Lipinski definition) is 1. The van der Waals surface area contributed by atoms with Crippen LogP contribution in [0.25, 0.3) is 10.4 Å². The Balaban J connectivity index is 3.81. The summed E-state index contributed by atoms with van der Waals surface area (Å²) in [7, 11) is -1.25. The Hall–Kier alpha value is -0.913. The zero-order valence-corrected chi connectivity index (χ0v) is 7.55. The zero-order valence-electron chi connectivity index (χ0n) is 6.55. The molecule has 3 nitrogen and oxygen atoms in total. The van der Waals surface area contributed by atoms with E-state index in [0.29, 0.717) is 6.54 Å². The Bertz CT molecular complexity index is 199. The third kappa shape index (κ3) is 7.09. The van der Waals surface area contributed by atoms with Crippen LogP contribution in [0.3, 0.4) is 0 Å². The van der Waals surface area contributed by atoms with Crippen LogP contribution in [-0.2, 0) is 0 Å². The van der Waals surface area contributed by atoms with Gasteiger partial charge in [-0.05, 0) is 5.53 Å². The minimum atomic E-state index is -1.25. The van der Waals surface area contributed by atoms with Gasteiger partial charge in [-0.25, -0.2) is 0 Å². The summed E-state index contributed by atoms with van der Waals surface area (Å²) in [5.41, 5.74) is 11.0. The van der Waals surface area contributed by atoms with Crippen molar-refractivity contribution >= 4 is 8.07 Å². The second-order valence-corrected chi connectivity index (χ2v) is 7.69. The first-order chi connectivity index (χ1) is 4.56. The first-order valence-electron chi connectivity index (χ1n) is 3.07. The molecule has 0 amide bonds. The van der Waals surface area contributed by atoms with Gasteiger partial charge in [-0.3, -0.25) is 0 Å². The highest BCUT2D eigenvalue weighted by molar-refractivity contribution is 6.83. The van der Waals surface area contributed by atoms with Crippen molar-refractivity contribution < 1.29 is 0 Å². The van der Waals surface area contributed by atoms with Crippen LogP contribution in [0.1, 0.15) is 0 Å². The van der Waals surface area contributed by atoms with Crippen LogP contribution < -0.4 is 0 Å². The molecule has 10 heavy (non-hydrogen) atoms. The van der Waals surface area contributed by atoms with E-state index in [1.165, 1.54) is 0 Å². The van der Waals surface area contributed by atoms with Crippen LogP contribution >= 0.6 is 0 Å². The number of azide groups is 1. The normalized spacial score (nSPS) is 9.10. The minimum absolute atomic E-state index is 0.306. The summed E-state index contributed by atoms with van der Waals surface area (Å²) in [6.07, 6.45) is 0. The summed E-state index contributed by atoms with van der Waals surface area (Å²) in [5.74, 6) is 2.82. The van der Waals surface area contributed by atoms with Crippen molar-refractivity contribution in [3.63, 3.8) is 0 Å².